The fourth-order valence-electron chi connectivity index (χ4n) is 4.12. The Bertz CT molecular complexity index is 1610. The molecular weight excluding hydrogens is 518 g/mol. The summed E-state index contributed by atoms with van der Waals surface area (Å²) in [5.41, 5.74) is 9.58. The molecule has 1 heterocycles. The predicted molar refractivity (Wildman–Crippen MR) is 161 cm³/mol. The number of thioether (sulfide) groups is 1. The van der Waals surface area contributed by atoms with Crippen LogP contribution in [-0.2, 0) is 4.79 Å². The number of carbonyl (C=O) groups is 1. The number of hydrogen-bond donors (Lipinski definition) is 1. The summed E-state index contributed by atoms with van der Waals surface area (Å²) >= 11 is 1.31. The van der Waals surface area contributed by atoms with Crippen molar-refractivity contribution in [1.29, 1.82) is 0 Å². The highest BCUT2D eigenvalue weighted by atomic mass is 32.2. The summed E-state index contributed by atoms with van der Waals surface area (Å²) in [4.78, 5) is 12.7. The molecule has 0 unspecified atom stereocenters. The molecule has 5 rings (SSSR count). The molecular formula is C32H29N5O2S. The minimum absolute atomic E-state index is 0.135. The van der Waals surface area contributed by atoms with Crippen LogP contribution in [-0.4, -0.2) is 39.2 Å². The zero-order valence-corrected chi connectivity index (χ0v) is 23.4. The SMILES string of the molecule is COc1ccc(-c2nnc(SCC(=O)N/N=C(/C)c3ccc(-c4ccccc4)cc3)n2-c2ccc(C)cc2)cc1. The molecule has 1 aromatic heterocycles. The fourth-order valence-corrected chi connectivity index (χ4v) is 4.87. The summed E-state index contributed by atoms with van der Waals surface area (Å²) in [7, 11) is 1.64. The van der Waals surface area contributed by atoms with Gasteiger partial charge in [-0.05, 0) is 66.9 Å². The first-order valence-electron chi connectivity index (χ1n) is 12.8. The Morgan fingerprint density at radius 3 is 2.17 bits per heavy atom. The Kier molecular flexibility index (Phi) is 8.37. The molecule has 0 atom stereocenters. The van der Waals surface area contributed by atoms with Crippen LogP contribution < -0.4 is 10.2 Å². The maximum Gasteiger partial charge on any atom is 0.250 e. The van der Waals surface area contributed by atoms with E-state index >= 15 is 0 Å². The molecule has 4 aromatic carbocycles. The van der Waals surface area contributed by atoms with E-state index in [-0.39, 0.29) is 11.7 Å². The topological polar surface area (TPSA) is 81.4 Å². The molecule has 1 N–H and O–H groups in total. The molecule has 0 aliphatic rings. The number of benzene rings is 4. The van der Waals surface area contributed by atoms with Gasteiger partial charge in [-0.1, -0.05) is 84.1 Å². The lowest BCUT2D eigenvalue weighted by atomic mass is 10.0. The van der Waals surface area contributed by atoms with Crippen molar-refractivity contribution < 1.29 is 9.53 Å². The maximum absolute atomic E-state index is 12.7. The number of aromatic nitrogens is 3. The molecule has 0 aliphatic heterocycles. The van der Waals surface area contributed by atoms with Crippen molar-refractivity contribution >= 4 is 23.4 Å². The minimum Gasteiger partial charge on any atom is -0.497 e. The first-order valence-corrected chi connectivity index (χ1v) is 13.8. The molecule has 8 heteroatoms. The summed E-state index contributed by atoms with van der Waals surface area (Å²) < 4.78 is 7.25. The third-order valence-electron chi connectivity index (χ3n) is 6.36. The molecule has 5 aromatic rings. The van der Waals surface area contributed by atoms with Gasteiger partial charge in [-0.25, -0.2) is 5.43 Å². The van der Waals surface area contributed by atoms with E-state index in [1.807, 2.05) is 97.3 Å². The van der Waals surface area contributed by atoms with Gasteiger partial charge >= 0.3 is 0 Å². The highest BCUT2D eigenvalue weighted by molar-refractivity contribution is 7.99. The Hall–Kier alpha value is -4.69. The first kappa shape index (κ1) is 26.9. The maximum atomic E-state index is 12.7. The van der Waals surface area contributed by atoms with Crippen LogP contribution in [0.5, 0.6) is 5.75 Å². The van der Waals surface area contributed by atoms with Crippen LogP contribution >= 0.6 is 11.8 Å². The molecule has 40 heavy (non-hydrogen) atoms. The third-order valence-corrected chi connectivity index (χ3v) is 7.29. The number of amides is 1. The predicted octanol–water partition coefficient (Wildman–Crippen LogP) is 6.55. The molecule has 0 aliphatic carbocycles. The van der Waals surface area contributed by atoms with E-state index in [4.69, 9.17) is 4.74 Å². The van der Waals surface area contributed by atoms with Crippen molar-refractivity contribution in [1.82, 2.24) is 20.2 Å². The molecule has 1 amide bonds. The Morgan fingerprint density at radius 2 is 1.50 bits per heavy atom. The van der Waals surface area contributed by atoms with Gasteiger partial charge in [0.15, 0.2) is 11.0 Å². The molecule has 7 nitrogen and oxygen atoms in total. The Balaban J connectivity index is 1.28. The number of hydrazone groups is 1. The fraction of sp³-hybridized carbons (Fsp3) is 0.125. The number of nitrogens with one attached hydrogen (secondary N) is 1. The van der Waals surface area contributed by atoms with Crippen LogP contribution in [0.2, 0.25) is 0 Å². The molecule has 0 bridgehead atoms. The molecule has 0 fully saturated rings. The number of methoxy groups -OCH3 is 1. The van der Waals surface area contributed by atoms with Gasteiger partial charge in [-0.3, -0.25) is 9.36 Å². The van der Waals surface area contributed by atoms with Crippen molar-refractivity contribution in [3.8, 4) is 34.0 Å². The summed E-state index contributed by atoms with van der Waals surface area (Å²) in [5, 5.41) is 13.8. The van der Waals surface area contributed by atoms with E-state index in [0.717, 1.165) is 45.0 Å². The number of carbonyl (C=O) groups excluding carboxylic acids is 1. The Labute approximate surface area is 237 Å². The summed E-state index contributed by atoms with van der Waals surface area (Å²) in [6.07, 6.45) is 0. The minimum atomic E-state index is -0.227. The molecule has 0 saturated carbocycles. The van der Waals surface area contributed by atoms with E-state index in [1.54, 1.807) is 7.11 Å². The van der Waals surface area contributed by atoms with Gasteiger partial charge in [0.1, 0.15) is 5.75 Å². The van der Waals surface area contributed by atoms with E-state index in [0.29, 0.717) is 11.0 Å². The highest BCUT2D eigenvalue weighted by Crippen LogP contribution is 2.29. The van der Waals surface area contributed by atoms with Crippen LogP contribution in [0.25, 0.3) is 28.2 Å². The average Bonchev–Trinajstić information content (AvgIpc) is 3.43. The smallest absolute Gasteiger partial charge is 0.250 e. The van der Waals surface area contributed by atoms with Gasteiger partial charge in [0.05, 0.1) is 18.6 Å². The first-order chi connectivity index (χ1) is 19.5. The number of aryl methyl sites for hydroxylation is 1. The highest BCUT2D eigenvalue weighted by Gasteiger charge is 2.17. The van der Waals surface area contributed by atoms with Gasteiger partial charge in [0.2, 0.25) is 0 Å². The zero-order chi connectivity index (χ0) is 27.9. The van der Waals surface area contributed by atoms with E-state index in [1.165, 1.54) is 11.8 Å². The van der Waals surface area contributed by atoms with Gasteiger partial charge in [-0.15, -0.1) is 10.2 Å². The molecule has 0 saturated heterocycles. The van der Waals surface area contributed by atoms with Gasteiger partial charge < -0.3 is 4.74 Å². The van der Waals surface area contributed by atoms with E-state index in [2.05, 4.69) is 45.0 Å². The van der Waals surface area contributed by atoms with Crippen molar-refractivity contribution in [3.05, 3.63) is 114 Å². The zero-order valence-electron chi connectivity index (χ0n) is 22.5. The van der Waals surface area contributed by atoms with Crippen LogP contribution in [0.15, 0.2) is 113 Å². The molecule has 0 spiro atoms. The van der Waals surface area contributed by atoms with E-state index in [9.17, 15) is 4.79 Å². The van der Waals surface area contributed by atoms with E-state index < -0.39 is 0 Å². The monoisotopic (exact) mass is 547 g/mol. The van der Waals surface area contributed by atoms with Gasteiger partial charge in [0.25, 0.3) is 5.91 Å². The molecule has 0 radical (unpaired) electrons. The number of nitrogens with zero attached hydrogens (tertiary/aromatic N) is 4. The van der Waals surface area contributed by atoms with Crippen LogP contribution in [0.3, 0.4) is 0 Å². The van der Waals surface area contributed by atoms with Crippen LogP contribution in [0.1, 0.15) is 18.1 Å². The van der Waals surface area contributed by atoms with Gasteiger partial charge in [-0.2, -0.15) is 5.10 Å². The lowest BCUT2D eigenvalue weighted by molar-refractivity contribution is -0.118. The lowest BCUT2D eigenvalue weighted by Crippen LogP contribution is -2.21. The second-order valence-corrected chi connectivity index (χ2v) is 10.1. The van der Waals surface area contributed by atoms with Crippen LogP contribution in [0, 0.1) is 6.92 Å². The van der Waals surface area contributed by atoms with Crippen molar-refractivity contribution in [2.45, 2.75) is 19.0 Å². The van der Waals surface area contributed by atoms with Crippen molar-refractivity contribution in [2.24, 2.45) is 5.10 Å². The van der Waals surface area contributed by atoms with Crippen molar-refractivity contribution in [3.63, 3.8) is 0 Å². The summed E-state index contributed by atoms with van der Waals surface area (Å²) in [6.45, 7) is 3.92. The summed E-state index contributed by atoms with van der Waals surface area (Å²) in [5.74, 6) is 1.35. The lowest BCUT2D eigenvalue weighted by Gasteiger charge is -2.11. The number of rotatable bonds is 9. The second-order valence-electron chi connectivity index (χ2n) is 9.17. The molecule has 200 valence electrons. The third kappa shape index (κ3) is 6.30. The normalized spacial score (nSPS) is 11.3. The second kappa shape index (κ2) is 12.4. The van der Waals surface area contributed by atoms with Gasteiger partial charge in [0, 0.05) is 11.3 Å². The largest absolute Gasteiger partial charge is 0.497 e. The quantitative estimate of drug-likeness (QED) is 0.129. The standard InChI is InChI=1S/C32H29N5O2S/c1-22-9-17-28(18-10-22)37-31(27-15-19-29(39-3)20-16-27)35-36-32(37)40-21-30(38)34-33-23(2)24-11-13-26(14-12-24)25-7-5-4-6-8-25/h4-20H,21H2,1-3H3,(H,34,38)/b33-23-. The summed E-state index contributed by atoms with van der Waals surface area (Å²) in [6, 6.07) is 34.1. The Morgan fingerprint density at radius 1 is 0.850 bits per heavy atom. The van der Waals surface area contributed by atoms with Crippen molar-refractivity contribution in [2.75, 3.05) is 12.9 Å². The number of ether oxygens (including phenoxy) is 1. The average molecular weight is 548 g/mol. The van der Waals surface area contributed by atoms with Crippen LogP contribution in [0.4, 0.5) is 0 Å². The number of hydrogen-bond acceptors (Lipinski definition) is 6.